The molecule has 0 radical (unpaired) electrons. The van der Waals surface area contributed by atoms with Crippen LogP contribution >= 0.6 is 11.6 Å². The number of hydrogen-bond acceptors (Lipinski definition) is 4. The molecule has 1 aromatic rings. The minimum Gasteiger partial charge on any atom is -0.394 e. The lowest BCUT2D eigenvalue weighted by molar-refractivity contribution is 0.614. The molecular formula is C10H17ClN4. The summed E-state index contributed by atoms with van der Waals surface area (Å²) in [7, 11) is 0. The molecule has 0 aliphatic carbocycles. The van der Waals surface area contributed by atoms with E-state index in [1.54, 1.807) is 6.20 Å². The third-order valence-electron chi connectivity index (χ3n) is 2.03. The number of hydrogen-bond donors (Lipinski definition) is 1. The third kappa shape index (κ3) is 3.23. The van der Waals surface area contributed by atoms with Gasteiger partial charge in [0.25, 0.3) is 0 Å². The van der Waals surface area contributed by atoms with E-state index in [1.165, 1.54) is 0 Å². The Kier molecular flexibility index (Phi) is 4.15. The maximum absolute atomic E-state index is 5.82. The van der Waals surface area contributed by atoms with Crippen molar-refractivity contribution in [3.05, 3.63) is 11.5 Å². The molecule has 0 saturated heterocycles. The van der Waals surface area contributed by atoms with E-state index >= 15 is 0 Å². The summed E-state index contributed by atoms with van der Waals surface area (Å²) in [5.74, 6) is 1.28. The van der Waals surface area contributed by atoms with Gasteiger partial charge >= 0.3 is 0 Å². The van der Waals surface area contributed by atoms with Crippen molar-refractivity contribution in [3.8, 4) is 0 Å². The molecule has 1 aromatic heterocycles. The monoisotopic (exact) mass is 228 g/mol. The topological polar surface area (TPSA) is 55.0 Å². The fourth-order valence-electron chi connectivity index (χ4n) is 1.42. The highest BCUT2D eigenvalue weighted by molar-refractivity contribution is 6.28. The summed E-state index contributed by atoms with van der Waals surface area (Å²) in [5, 5.41) is 0.237. The van der Waals surface area contributed by atoms with Crippen LogP contribution in [-0.4, -0.2) is 23.1 Å². The second-order valence-corrected chi connectivity index (χ2v) is 4.19. The van der Waals surface area contributed by atoms with Crippen molar-refractivity contribution < 1.29 is 0 Å². The van der Waals surface area contributed by atoms with E-state index in [1.807, 2.05) is 0 Å². The molecule has 2 N–H and O–H groups in total. The molecule has 0 unspecified atom stereocenters. The number of nitrogen functional groups attached to an aromatic ring is 1. The Balaban J connectivity index is 2.95. The molecule has 0 saturated carbocycles. The number of rotatable bonds is 4. The molecule has 0 fully saturated rings. The van der Waals surface area contributed by atoms with Gasteiger partial charge in [-0.05, 0) is 24.4 Å². The number of nitrogens with two attached hydrogens (primary N) is 1. The molecule has 4 nitrogen and oxygen atoms in total. The summed E-state index contributed by atoms with van der Waals surface area (Å²) in [5.41, 5.74) is 6.39. The maximum Gasteiger partial charge on any atom is 0.224 e. The lowest BCUT2D eigenvalue weighted by atomic mass is 10.2. The zero-order valence-electron chi connectivity index (χ0n) is 9.37. The Morgan fingerprint density at radius 1 is 1.53 bits per heavy atom. The number of aromatic nitrogens is 2. The van der Waals surface area contributed by atoms with E-state index in [0.717, 1.165) is 18.9 Å². The summed E-state index contributed by atoms with van der Waals surface area (Å²) in [6, 6.07) is 0. The summed E-state index contributed by atoms with van der Waals surface area (Å²) in [6.07, 6.45) is 1.55. The van der Waals surface area contributed by atoms with Crippen molar-refractivity contribution >= 4 is 23.1 Å². The predicted molar refractivity (Wildman–Crippen MR) is 64.2 cm³/mol. The van der Waals surface area contributed by atoms with Crippen molar-refractivity contribution in [3.63, 3.8) is 0 Å². The summed E-state index contributed by atoms with van der Waals surface area (Å²) in [6.45, 7) is 8.14. The minimum atomic E-state index is 0.237. The minimum absolute atomic E-state index is 0.237. The standard InChI is InChI=1S/C10H17ClN4/c1-4-15(6-7(2)3)9-8(12)5-13-10(11)14-9/h5,7H,4,6,12H2,1-3H3. The normalized spacial score (nSPS) is 10.7. The Morgan fingerprint density at radius 3 is 2.73 bits per heavy atom. The zero-order valence-corrected chi connectivity index (χ0v) is 10.1. The van der Waals surface area contributed by atoms with Gasteiger partial charge in [0.15, 0.2) is 5.82 Å². The average Bonchev–Trinajstić information content (AvgIpc) is 2.18. The molecule has 5 heteroatoms. The van der Waals surface area contributed by atoms with Crippen LogP contribution in [0.2, 0.25) is 5.28 Å². The van der Waals surface area contributed by atoms with Gasteiger partial charge in [0, 0.05) is 13.1 Å². The van der Waals surface area contributed by atoms with Crippen LogP contribution in [0.15, 0.2) is 6.20 Å². The molecule has 0 atom stereocenters. The lowest BCUT2D eigenvalue weighted by Crippen LogP contribution is -2.29. The van der Waals surface area contributed by atoms with E-state index in [-0.39, 0.29) is 5.28 Å². The van der Waals surface area contributed by atoms with E-state index in [9.17, 15) is 0 Å². The largest absolute Gasteiger partial charge is 0.394 e. The molecule has 0 aromatic carbocycles. The summed E-state index contributed by atoms with van der Waals surface area (Å²) < 4.78 is 0. The highest BCUT2D eigenvalue weighted by Crippen LogP contribution is 2.21. The fourth-order valence-corrected chi connectivity index (χ4v) is 1.55. The van der Waals surface area contributed by atoms with Gasteiger partial charge in [0.2, 0.25) is 5.28 Å². The number of halogens is 1. The molecular weight excluding hydrogens is 212 g/mol. The van der Waals surface area contributed by atoms with Crippen molar-refractivity contribution in [2.24, 2.45) is 5.92 Å². The van der Waals surface area contributed by atoms with Crippen LogP contribution in [0.1, 0.15) is 20.8 Å². The first-order valence-electron chi connectivity index (χ1n) is 5.07. The van der Waals surface area contributed by atoms with Gasteiger partial charge in [-0.25, -0.2) is 4.98 Å². The molecule has 0 aliphatic heterocycles. The lowest BCUT2D eigenvalue weighted by Gasteiger charge is -2.24. The first kappa shape index (κ1) is 12.0. The van der Waals surface area contributed by atoms with Crippen LogP contribution in [0.5, 0.6) is 0 Å². The van der Waals surface area contributed by atoms with Crippen molar-refractivity contribution in [1.29, 1.82) is 0 Å². The highest BCUT2D eigenvalue weighted by atomic mass is 35.5. The van der Waals surface area contributed by atoms with Gasteiger partial charge < -0.3 is 10.6 Å². The fraction of sp³-hybridized carbons (Fsp3) is 0.600. The Labute approximate surface area is 95.5 Å². The zero-order chi connectivity index (χ0) is 11.4. The smallest absolute Gasteiger partial charge is 0.224 e. The van der Waals surface area contributed by atoms with Gasteiger partial charge in [-0.15, -0.1) is 0 Å². The van der Waals surface area contributed by atoms with Crippen molar-refractivity contribution in [2.75, 3.05) is 23.7 Å². The predicted octanol–water partition coefficient (Wildman–Crippen LogP) is 2.19. The van der Waals surface area contributed by atoms with Crippen LogP contribution in [0.3, 0.4) is 0 Å². The molecule has 1 rings (SSSR count). The molecule has 0 spiro atoms. The van der Waals surface area contributed by atoms with Gasteiger partial charge in [-0.2, -0.15) is 4.98 Å². The Morgan fingerprint density at radius 2 is 2.20 bits per heavy atom. The van der Waals surface area contributed by atoms with E-state index in [2.05, 4.69) is 35.6 Å². The van der Waals surface area contributed by atoms with Crippen LogP contribution in [-0.2, 0) is 0 Å². The van der Waals surface area contributed by atoms with E-state index in [0.29, 0.717) is 11.6 Å². The van der Waals surface area contributed by atoms with Crippen molar-refractivity contribution in [2.45, 2.75) is 20.8 Å². The number of nitrogens with zero attached hydrogens (tertiary/aromatic N) is 3. The highest BCUT2D eigenvalue weighted by Gasteiger charge is 2.12. The molecule has 0 amide bonds. The molecule has 15 heavy (non-hydrogen) atoms. The number of anilines is 2. The van der Waals surface area contributed by atoms with Crippen LogP contribution in [0, 0.1) is 5.92 Å². The Bertz CT molecular complexity index is 327. The molecule has 84 valence electrons. The first-order valence-corrected chi connectivity index (χ1v) is 5.45. The third-order valence-corrected chi connectivity index (χ3v) is 2.22. The summed E-state index contributed by atoms with van der Waals surface area (Å²) >= 11 is 5.75. The SMILES string of the molecule is CCN(CC(C)C)c1nc(Cl)ncc1N. The summed E-state index contributed by atoms with van der Waals surface area (Å²) in [4.78, 5) is 10.1. The second-order valence-electron chi connectivity index (χ2n) is 3.85. The van der Waals surface area contributed by atoms with Crippen LogP contribution in [0.4, 0.5) is 11.5 Å². The Hall–Kier alpha value is -1.03. The van der Waals surface area contributed by atoms with Crippen LogP contribution in [0.25, 0.3) is 0 Å². The van der Waals surface area contributed by atoms with Gasteiger partial charge in [0.1, 0.15) is 0 Å². The van der Waals surface area contributed by atoms with Crippen molar-refractivity contribution in [1.82, 2.24) is 9.97 Å². The van der Waals surface area contributed by atoms with Crippen LogP contribution < -0.4 is 10.6 Å². The van der Waals surface area contributed by atoms with Gasteiger partial charge in [-0.3, -0.25) is 0 Å². The van der Waals surface area contributed by atoms with Gasteiger partial charge in [0.05, 0.1) is 11.9 Å². The first-order chi connectivity index (χ1) is 7.04. The van der Waals surface area contributed by atoms with E-state index in [4.69, 9.17) is 17.3 Å². The van der Waals surface area contributed by atoms with Gasteiger partial charge in [-0.1, -0.05) is 13.8 Å². The molecule has 0 bridgehead atoms. The maximum atomic E-state index is 5.82. The average molecular weight is 229 g/mol. The second kappa shape index (κ2) is 5.16. The quantitative estimate of drug-likeness (QED) is 0.803. The van der Waals surface area contributed by atoms with E-state index < -0.39 is 0 Å². The molecule has 1 heterocycles. The molecule has 0 aliphatic rings.